The van der Waals surface area contributed by atoms with Gasteiger partial charge < -0.3 is 15.2 Å². The van der Waals surface area contributed by atoms with E-state index >= 15 is 0 Å². The maximum Gasteiger partial charge on any atom is 0.191 e. The van der Waals surface area contributed by atoms with E-state index in [0.29, 0.717) is 12.5 Å². The lowest BCUT2D eigenvalue weighted by Crippen LogP contribution is -2.38. The summed E-state index contributed by atoms with van der Waals surface area (Å²) in [6, 6.07) is 8.98. The fourth-order valence-electron chi connectivity index (χ4n) is 2.74. The Hall–Kier alpha value is -1.64. The Kier molecular flexibility index (Phi) is 9.61. The van der Waals surface area contributed by atoms with Crippen LogP contribution in [0, 0.1) is 5.92 Å². The number of hydrogen-bond acceptors (Lipinski definition) is 3. The average molecular weight is 470 g/mol. The molecule has 1 atom stereocenters. The second-order valence-electron chi connectivity index (χ2n) is 6.66. The highest BCUT2D eigenvalue weighted by Gasteiger charge is 2.09. The summed E-state index contributed by atoms with van der Waals surface area (Å²) < 4.78 is 2.01. The first kappa shape index (κ1) is 22.4. The van der Waals surface area contributed by atoms with Gasteiger partial charge in [0.05, 0.1) is 12.6 Å². The van der Waals surface area contributed by atoms with Crippen molar-refractivity contribution < 1.29 is 0 Å². The first-order valence-corrected chi connectivity index (χ1v) is 8.96. The summed E-state index contributed by atoms with van der Waals surface area (Å²) in [5.41, 5.74) is 2.62. The maximum absolute atomic E-state index is 4.30. The number of nitrogens with one attached hydrogen (secondary N) is 2. The summed E-state index contributed by atoms with van der Waals surface area (Å²) in [7, 11) is 1.78. The Bertz CT molecular complexity index is 678. The van der Waals surface area contributed by atoms with E-state index < -0.39 is 0 Å². The molecule has 0 spiro atoms. The third-order valence-electron chi connectivity index (χ3n) is 4.15. The zero-order valence-corrected chi connectivity index (χ0v) is 18.7. The molecule has 0 amide bonds. The molecular formula is C19H31IN6. The Morgan fingerprint density at radius 2 is 1.88 bits per heavy atom. The fourth-order valence-corrected chi connectivity index (χ4v) is 2.74. The van der Waals surface area contributed by atoms with Crippen molar-refractivity contribution in [1.82, 2.24) is 25.4 Å². The van der Waals surface area contributed by atoms with Crippen molar-refractivity contribution in [3.05, 3.63) is 47.5 Å². The van der Waals surface area contributed by atoms with Crippen LogP contribution in [-0.4, -0.2) is 27.8 Å². The van der Waals surface area contributed by atoms with Crippen molar-refractivity contribution in [2.45, 2.75) is 53.2 Å². The SMILES string of the molecule is CCn1cnnc1CNC(=NC)NC(C)c1ccc(CC(C)C)cc1.I. The minimum absolute atomic E-state index is 0. The number of aryl methyl sites for hydroxylation is 1. The van der Waals surface area contributed by atoms with E-state index in [0.717, 1.165) is 24.7 Å². The first-order chi connectivity index (χ1) is 12.0. The van der Waals surface area contributed by atoms with Crippen LogP contribution in [0.2, 0.25) is 0 Å². The van der Waals surface area contributed by atoms with E-state index in [-0.39, 0.29) is 30.0 Å². The van der Waals surface area contributed by atoms with E-state index in [2.05, 4.69) is 77.8 Å². The van der Waals surface area contributed by atoms with Gasteiger partial charge >= 0.3 is 0 Å². The van der Waals surface area contributed by atoms with E-state index in [4.69, 9.17) is 0 Å². The molecule has 0 aliphatic carbocycles. The van der Waals surface area contributed by atoms with Crippen molar-refractivity contribution in [1.29, 1.82) is 0 Å². The summed E-state index contributed by atoms with van der Waals surface area (Å²) in [4.78, 5) is 4.30. The summed E-state index contributed by atoms with van der Waals surface area (Å²) in [5.74, 6) is 2.33. The van der Waals surface area contributed by atoms with Crippen LogP contribution in [0.3, 0.4) is 0 Å². The fraction of sp³-hybridized carbons (Fsp3) is 0.526. The van der Waals surface area contributed by atoms with Crippen molar-refractivity contribution in [2.75, 3.05) is 7.05 Å². The zero-order valence-electron chi connectivity index (χ0n) is 16.4. The quantitative estimate of drug-likeness (QED) is 0.369. The molecule has 7 heteroatoms. The molecule has 2 N–H and O–H groups in total. The predicted molar refractivity (Wildman–Crippen MR) is 118 cm³/mol. The smallest absolute Gasteiger partial charge is 0.191 e. The van der Waals surface area contributed by atoms with Crippen molar-refractivity contribution in [2.24, 2.45) is 10.9 Å². The van der Waals surface area contributed by atoms with E-state index in [1.165, 1.54) is 11.1 Å². The van der Waals surface area contributed by atoms with Crippen LogP contribution >= 0.6 is 24.0 Å². The maximum atomic E-state index is 4.30. The molecule has 0 saturated carbocycles. The Labute approximate surface area is 173 Å². The molecule has 0 aliphatic rings. The van der Waals surface area contributed by atoms with E-state index in [9.17, 15) is 0 Å². The van der Waals surface area contributed by atoms with E-state index in [1.54, 1.807) is 13.4 Å². The van der Waals surface area contributed by atoms with Crippen molar-refractivity contribution in [3.63, 3.8) is 0 Å². The molecule has 0 aliphatic heterocycles. The minimum Gasteiger partial charge on any atom is -0.350 e. The Morgan fingerprint density at radius 3 is 2.46 bits per heavy atom. The molecule has 1 unspecified atom stereocenters. The highest BCUT2D eigenvalue weighted by atomic mass is 127. The number of nitrogens with zero attached hydrogens (tertiary/aromatic N) is 4. The lowest BCUT2D eigenvalue weighted by molar-refractivity contribution is 0.642. The van der Waals surface area contributed by atoms with Crippen LogP contribution in [0.25, 0.3) is 0 Å². The van der Waals surface area contributed by atoms with Crippen LogP contribution < -0.4 is 10.6 Å². The number of rotatable bonds is 7. The zero-order chi connectivity index (χ0) is 18.2. The van der Waals surface area contributed by atoms with Crippen LogP contribution in [0.15, 0.2) is 35.6 Å². The molecule has 1 aromatic carbocycles. The first-order valence-electron chi connectivity index (χ1n) is 8.96. The number of benzene rings is 1. The third kappa shape index (κ3) is 6.59. The molecule has 0 saturated heterocycles. The van der Waals surface area contributed by atoms with Gasteiger partial charge in [-0.05, 0) is 37.3 Å². The molecular weight excluding hydrogens is 439 g/mol. The van der Waals surface area contributed by atoms with Crippen LogP contribution in [0.1, 0.15) is 50.7 Å². The Balaban J connectivity index is 0.00000338. The summed E-state index contributed by atoms with van der Waals surface area (Å²) >= 11 is 0. The monoisotopic (exact) mass is 470 g/mol. The molecule has 1 heterocycles. The van der Waals surface area contributed by atoms with Gasteiger partial charge in [-0.15, -0.1) is 34.2 Å². The summed E-state index contributed by atoms with van der Waals surface area (Å²) in [6.45, 7) is 10.1. The van der Waals surface area contributed by atoms with Gasteiger partial charge in [0.1, 0.15) is 6.33 Å². The normalized spacial score (nSPS) is 12.6. The molecule has 144 valence electrons. The van der Waals surface area contributed by atoms with Crippen LogP contribution in [0.5, 0.6) is 0 Å². The number of aliphatic imine (C=N–C) groups is 1. The van der Waals surface area contributed by atoms with E-state index in [1.807, 2.05) is 4.57 Å². The number of hydrogen-bond donors (Lipinski definition) is 2. The van der Waals surface area contributed by atoms with Crippen LogP contribution in [-0.2, 0) is 19.5 Å². The van der Waals surface area contributed by atoms with Crippen LogP contribution in [0.4, 0.5) is 0 Å². The van der Waals surface area contributed by atoms with Crippen molar-refractivity contribution >= 4 is 29.9 Å². The summed E-state index contributed by atoms with van der Waals surface area (Å²) in [5, 5.41) is 14.8. The molecule has 2 aromatic rings. The third-order valence-corrected chi connectivity index (χ3v) is 4.15. The predicted octanol–water partition coefficient (Wildman–Crippen LogP) is 3.54. The molecule has 1 aromatic heterocycles. The molecule has 0 radical (unpaired) electrons. The number of guanidine groups is 1. The average Bonchev–Trinajstić information content (AvgIpc) is 3.06. The second kappa shape index (κ2) is 11.2. The lowest BCUT2D eigenvalue weighted by atomic mass is 10.00. The highest BCUT2D eigenvalue weighted by Crippen LogP contribution is 2.15. The highest BCUT2D eigenvalue weighted by molar-refractivity contribution is 14.0. The van der Waals surface area contributed by atoms with Gasteiger partial charge in [0, 0.05) is 13.6 Å². The van der Waals surface area contributed by atoms with Gasteiger partial charge in [-0.3, -0.25) is 4.99 Å². The van der Waals surface area contributed by atoms with Gasteiger partial charge in [0.25, 0.3) is 0 Å². The largest absolute Gasteiger partial charge is 0.350 e. The summed E-state index contributed by atoms with van der Waals surface area (Å²) in [6.07, 6.45) is 2.86. The minimum atomic E-state index is 0. The van der Waals surface area contributed by atoms with Gasteiger partial charge in [0.2, 0.25) is 0 Å². The molecule has 26 heavy (non-hydrogen) atoms. The van der Waals surface area contributed by atoms with Gasteiger partial charge in [0.15, 0.2) is 11.8 Å². The van der Waals surface area contributed by atoms with Gasteiger partial charge in [-0.2, -0.15) is 0 Å². The lowest BCUT2D eigenvalue weighted by Gasteiger charge is -2.18. The molecule has 6 nitrogen and oxygen atoms in total. The topological polar surface area (TPSA) is 67.1 Å². The molecule has 2 rings (SSSR count). The Morgan fingerprint density at radius 1 is 1.19 bits per heavy atom. The second-order valence-corrected chi connectivity index (χ2v) is 6.66. The number of halogens is 1. The molecule has 0 bridgehead atoms. The van der Waals surface area contributed by atoms with Gasteiger partial charge in [-0.1, -0.05) is 38.1 Å². The molecule has 0 fully saturated rings. The standard InChI is InChI=1S/C19H30N6.HI/c1-6-25-13-22-24-18(25)12-21-19(20-5)23-15(4)17-9-7-16(8-10-17)11-14(2)3;/h7-10,13-15H,6,11-12H2,1-5H3,(H2,20,21,23);1H. The van der Waals surface area contributed by atoms with Crippen molar-refractivity contribution in [3.8, 4) is 0 Å². The number of aromatic nitrogens is 3. The van der Waals surface area contributed by atoms with Gasteiger partial charge in [-0.25, -0.2) is 0 Å².